The molecule has 1 aliphatic carbocycles. The summed E-state index contributed by atoms with van der Waals surface area (Å²) >= 11 is 0. The van der Waals surface area contributed by atoms with E-state index in [2.05, 4.69) is 42.2 Å². The standard InChI is InChI=1S/C18H27NO/c1-2-18(20-17-11-4-3-5-12-17)13-6-7-14-19(18)15-16-9-8-10-16/h3-5,11-12,16H,2,6-10,13-15H2,1H3. The highest BCUT2D eigenvalue weighted by Gasteiger charge is 2.40. The van der Waals surface area contributed by atoms with Crippen molar-refractivity contribution in [3.8, 4) is 5.75 Å². The number of ether oxygens (including phenoxy) is 1. The van der Waals surface area contributed by atoms with Crippen LogP contribution in [0.25, 0.3) is 0 Å². The lowest BCUT2D eigenvalue weighted by atomic mass is 9.83. The van der Waals surface area contributed by atoms with Crippen molar-refractivity contribution in [2.24, 2.45) is 5.92 Å². The lowest BCUT2D eigenvalue weighted by Gasteiger charge is -2.48. The first-order valence-electron chi connectivity index (χ1n) is 8.31. The van der Waals surface area contributed by atoms with Crippen molar-refractivity contribution >= 4 is 0 Å². The van der Waals surface area contributed by atoms with Crippen molar-refractivity contribution in [2.45, 2.75) is 57.6 Å². The normalized spacial score (nSPS) is 28.1. The molecule has 110 valence electrons. The molecule has 2 nitrogen and oxygen atoms in total. The molecule has 2 heteroatoms. The van der Waals surface area contributed by atoms with Gasteiger partial charge in [-0.15, -0.1) is 0 Å². The van der Waals surface area contributed by atoms with Crippen molar-refractivity contribution in [3.63, 3.8) is 0 Å². The Bertz CT molecular complexity index is 415. The van der Waals surface area contributed by atoms with Gasteiger partial charge in [-0.3, -0.25) is 4.90 Å². The second kappa shape index (κ2) is 6.17. The minimum atomic E-state index is -0.0603. The van der Waals surface area contributed by atoms with Gasteiger partial charge in [0.15, 0.2) is 5.72 Å². The number of piperidine rings is 1. The van der Waals surface area contributed by atoms with E-state index in [0.717, 1.165) is 18.1 Å². The summed E-state index contributed by atoms with van der Waals surface area (Å²) in [5.74, 6) is 1.94. The van der Waals surface area contributed by atoms with E-state index in [1.165, 1.54) is 51.6 Å². The molecular weight excluding hydrogens is 246 g/mol. The zero-order chi connectivity index (χ0) is 13.8. The lowest BCUT2D eigenvalue weighted by Crippen LogP contribution is -2.57. The molecule has 1 saturated carbocycles. The number of para-hydroxylation sites is 1. The zero-order valence-corrected chi connectivity index (χ0v) is 12.7. The molecule has 0 spiro atoms. The fourth-order valence-corrected chi connectivity index (χ4v) is 3.61. The SMILES string of the molecule is CCC1(Oc2ccccc2)CCCCN1CC1CCC1. The van der Waals surface area contributed by atoms with Crippen LogP contribution in [0.5, 0.6) is 5.75 Å². The van der Waals surface area contributed by atoms with Gasteiger partial charge in [0.25, 0.3) is 0 Å². The van der Waals surface area contributed by atoms with Crippen molar-refractivity contribution in [1.82, 2.24) is 4.90 Å². The molecule has 1 unspecified atom stereocenters. The summed E-state index contributed by atoms with van der Waals surface area (Å²) in [4.78, 5) is 2.65. The van der Waals surface area contributed by atoms with Gasteiger partial charge in [0.05, 0.1) is 0 Å². The number of hydrogen-bond donors (Lipinski definition) is 0. The predicted molar refractivity (Wildman–Crippen MR) is 82.9 cm³/mol. The first kappa shape index (κ1) is 13.9. The maximum Gasteiger partial charge on any atom is 0.163 e. The van der Waals surface area contributed by atoms with Gasteiger partial charge >= 0.3 is 0 Å². The predicted octanol–water partition coefficient (Wildman–Crippen LogP) is 4.46. The Labute approximate surface area is 123 Å². The minimum Gasteiger partial charge on any atom is -0.473 e. The van der Waals surface area contributed by atoms with Gasteiger partial charge in [0, 0.05) is 19.5 Å². The van der Waals surface area contributed by atoms with Gasteiger partial charge in [-0.2, -0.15) is 0 Å². The van der Waals surface area contributed by atoms with Crippen LogP contribution in [0.1, 0.15) is 51.9 Å². The summed E-state index contributed by atoms with van der Waals surface area (Å²) in [5, 5.41) is 0. The van der Waals surface area contributed by atoms with Gasteiger partial charge in [-0.1, -0.05) is 31.5 Å². The maximum absolute atomic E-state index is 6.50. The highest BCUT2D eigenvalue weighted by molar-refractivity contribution is 5.22. The van der Waals surface area contributed by atoms with E-state index in [-0.39, 0.29) is 5.72 Å². The van der Waals surface area contributed by atoms with Crippen molar-refractivity contribution < 1.29 is 4.74 Å². The second-order valence-electron chi connectivity index (χ2n) is 6.41. The first-order valence-corrected chi connectivity index (χ1v) is 8.31. The molecule has 0 N–H and O–H groups in total. The highest BCUT2D eigenvalue weighted by Crippen LogP contribution is 2.37. The number of hydrogen-bond acceptors (Lipinski definition) is 2. The van der Waals surface area contributed by atoms with Crippen molar-refractivity contribution in [3.05, 3.63) is 30.3 Å². The Morgan fingerprint density at radius 1 is 1.15 bits per heavy atom. The molecule has 0 amide bonds. The second-order valence-corrected chi connectivity index (χ2v) is 6.41. The van der Waals surface area contributed by atoms with Crippen LogP contribution in [-0.2, 0) is 0 Å². The largest absolute Gasteiger partial charge is 0.473 e. The quantitative estimate of drug-likeness (QED) is 0.785. The molecule has 1 atom stereocenters. The lowest BCUT2D eigenvalue weighted by molar-refractivity contribution is -0.122. The fraction of sp³-hybridized carbons (Fsp3) is 0.667. The maximum atomic E-state index is 6.50. The van der Waals surface area contributed by atoms with Crippen LogP contribution in [0, 0.1) is 5.92 Å². The molecule has 1 aliphatic heterocycles. The average molecular weight is 273 g/mol. The molecule has 0 bridgehead atoms. The topological polar surface area (TPSA) is 12.5 Å². The third-order valence-electron chi connectivity index (χ3n) is 5.13. The third-order valence-corrected chi connectivity index (χ3v) is 5.13. The third kappa shape index (κ3) is 2.85. The first-order chi connectivity index (χ1) is 9.82. The summed E-state index contributed by atoms with van der Waals surface area (Å²) in [7, 11) is 0. The van der Waals surface area contributed by atoms with Crippen LogP contribution in [0.4, 0.5) is 0 Å². The van der Waals surface area contributed by atoms with Crippen LogP contribution in [0.2, 0.25) is 0 Å². The Balaban J connectivity index is 1.75. The average Bonchev–Trinajstić information content (AvgIpc) is 2.45. The summed E-state index contributed by atoms with van der Waals surface area (Å²) in [5.41, 5.74) is -0.0603. The van der Waals surface area contributed by atoms with Gasteiger partial charge in [0.2, 0.25) is 0 Å². The van der Waals surface area contributed by atoms with Crippen molar-refractivity contribution in [2.75, 3.05) is 13.1 Å². The number of rotatable bonds is 5. The smallest absolute Gasteiger partial charge is 0.163 e. The molecule has 0 aromatic heterocycles. The fourth-order valence-electron chi connectivity index (χ4n) is 3.61. The molecular formula is C18H27NO. The summed E-state index contributed by atoms with van der Waals surface area (Å²) in [6.07, 6.45) is 9.13. The number of likely N-dealkylation sites (tertiary alicyclic amines) is 1. The van der Waals surface area contributed by atoms with E-state index < -0.39 is 0 Å². The molecule has 3 rings (SSSR count). The molecule has 2 aliphatic rings. The summed E-state index contributed by atoms with van der Waals surface area (Å²) in [6.45, 7) is 4.72. The molecule has 1 aromatic carbocycles. The van der Waals surface area contributed by atoms with E-state index in [1.54, 1.807) is 0 Å². The molecule has 1 aromatic rings. The van der Waals surface area contributed by atoms with E-state index >= 15 is 0 Å². The molecule has 2 fully saturated rings. The van der Waals surface area contributed by atoms with Crippen LogP contribution in [0.3, 0.4) is 0 Å². The van der Waals surface area contributed by atoms with Gasteiger partial charge in [0.1, 0.15) is 5.75 Å². The summed E-state index contributed by atoms with van der Waals surface area (Å²) in [6, 6.07) is 10.4. The minimum absolute atomic E-state index is 0.0603. The molecule has 20 heavy (non-hydrogen) atoms. The zero-order valence-electron chi connectivity index (χ0n) is 12.7. The van der Waals surface area contributed by atoms with Crippen LogP contribution in [0.15, 0.2) is 30.3 Å². The van der Waals surface area contributed by atoms with Gasteiger partial charge in [-0.25, -0.2) is 0 Å². The van der Waals surface area contributed by atoms with E-state index in [4.69, 9.17) is 4.74 Å². The number of nitrogens with zero attached hydrogens (tertiary/aromatic N) is 1. The van der Waals surface area contributed by atoms with E-state index in [9.17, 15) is 0 Å². The number of benzene rings is 1. The Kier molecular flexibility index (Phi) is 4.30. The monoisotopic (exact) mass is 273 g/mol. The molecule has 1 saturated heterocycles. The van der Waals surface area contributed by atoms with E-state index in [0.29, 0.717) is 0 Å². The van der Waals surface area contributed by atoms with Gasteiger partial charge < -0.3 is 4.74 Å². The summed E-state index contributed by atoms with van der Waals surface area (Å²) < 4.78 is 6.50. The highest BCUT2D eigenvalue weighted by atomic mass is 16.5. The van der Waals surface area contributed by atoms with Gasteiger partial charge in [-0.05, 0) is 50.2 Å². The Morgan fingerprint density at radius 3 is 2.60 bits per heavy atom. The van der Waals surface area contributed by atoms with Crippen molar-refractivity contribution in [1.29, 1.82) is 0 Å². The molecule has 0 radical (unpaired) electrons. The van der Waals surface area contributed by atoms with Crippen LogP contribution < -0.4 is 4.74 Å². The Morgan fingerprint density at radius 2 is 1.95 bits per heavy atom. The molecule has 1 heterocycles. The van der Waals surface area contributed by atoms with E-state index in [1.807, 2.05) is 0 Å². The van der Waals surface area contributed by atoms with Crippen LogP contribution >= 0.6 is 0 Å². The van der Waals surface area contributed by atoms with Crippen LogP contribution in [-0.4, -0.2) is 23.7 Å². The Hall–Kier alpha value is -1.02.